The van der Waals surface area contributed by atoms with E-state index in [4.69, 9.17) is 14.4 Å². The normalized spacial score (nSPS) is 12.4. The molecule has 0 saturated carbocycles. The Morgan fingerprint density at radius 2 is 1.62 bits per heavy atom. The Balaban J connectivity index is 0.000000446. The lowest BCUT2D eigenvalue weighted by Gasteiger charge is -2.13. The molecule has 0 bridgehead atoms. The molecule has 140 valence electrons. The van der Waals surface area contributed by atoms with Crippen molar-refractivity contribution in [2.24, 2.45) is 0 Å². The minimum Gasteiger partial charge on any atom is -0.396 e. The number of hydrogen-bond donors (Lipinski definition) is 2. The second-order valence-electron chi connectivity index (χ2n) is 5.86. The van der Waals surface area contributed by atoms with E-state index in [0.717, 1.165) is 18.4 Å². The quantitative estimate of drug-likeness (QED) is 0.487. The summed E-state index contributed by atoms with van der Waals surface area (Å²) in [6.45, 7) is 4.31. The lowest BCUT2D eigenvalue weighted by Crippen LogP contribution is -2.12. The zero-order valence-corrected chi connectivity index (χ0v) is 15.9. The van der Waals surface area contributed by atoms with Gasteiger partial charge in [0.25, 0.3) is 10.1 Å². The summed E-state index contributed by atoms with van der Waals surface area (Å²) in [6.07, 6.45) is 8.67. The fourth-order valence-corrected chi connectivity index (χ4v) is 2.69. The average molecular weight is 361 g/mol. The molecule has 0 fully saturated rings. The molecule has 0 amide bonds. The predicted molar refractivity (Wildman–Crippen MR) is 96.9 cm³/mol. The Kier molecular flexibility index (Phi) is 12.8. The minimum atomic E-state index is -4.02. The van der Waals surface area contributed by atoms with Crippen molar-refractivity contribution < 1.29 is 22.8 Å². The van der Waals surface area contributed by atoms with Gasteiger partial charge in [-0.25, -0.2) is 0 Å². The molecule has 0 radical (unpaired) electrons. The number of benzene rings is 1. The van der Waals surface area contributed by atoms with E-state index in [2.05, 4.69) is 6.92 Å². The van der Waals surface area contributed by atoms with Crippen molar-refractivity contribution in [2.45, 2.75) is 69.8 Å². The number of aliphatic hydroxyl groups excluding tert-OH is 1. The molecule has 1 rings (SSSR count). The Morgan fingerprint density at radius 3 is 2.08 bits per heavy atom. The van der Waals surface area contributed by atoms with Crippen molar-refractivity contribution in [3.8, 4) is 0 Å². The maximum Gasteiger partial charge on any atom is 0.294 e. The number of hydrogen-bond acceptors (Lipinski definition) is 4. The molecule has 6 heteroatoms. The van der Waals surface area contributed by atoms with E-state index in [0.29, 0.717) is 0 Å². The highest BCUT2D eigenvalue weighted by Crippen LogP contribution is 2.11. The second kappa shape index (κ2) is 13.4. The maximum absolute atomic E-state index is 10.5. The standard InChI is InChI=1S/C11H24O2.C7H8O3S/c1-3-4-5-6-7-8-11(13-2)9-10-12;1-6-2-4-7(5-3-6)11(8,9)10/h11-12H,3-10H2,1-2H3;2-5H,1H3,(H,8,9,10)/t11-;/m1./s1. The summed E-state index contributed by atoms with van der Waals surface area (Å²) in [4.78, 5) is -0.0666. The fraction of sp³-hybridized carbons (Fsp3) is 0.667. The molecule has 0 unspecified atom stereocenters. The Bertz CT molecular complexity index is 511. The summed E-state index contributed by atoms with van der Waals surface area (Å²) >= 11 is 0. The number of unbranched alkanes of at least 4 members (excludes halogenated alkanes) is 4. The van der Waals surface area contributed by atoms with E-state index in [1.807, 2.05) is 6.92 Å². The van der Waals surface area contributed by atoms with Crippen LogP contribution in [0.4, 0.5) is 0 Å². The van der Waals surface area contributed by atoms with Gasteiger partial charge in [0.1, 0.15) is 0 Å². The van der Waals surface area contributed by atoms with Gasteiger partial charge in [-0.15, -0.1) is 0 Å². The van der Waals surface area contributed by atoms with E-state index in [1.54, 1.807) is 19.2 Å². The number of rotatable bonds is 10. The van der Waals surface area contributed by atoms with Crippen LogP contribution >= 0.6 is 0 Å². The third-order valence-corrected chi connectivity index (χ3v) is 4.60. The molecular weight excluding hydrogens is 328 g/mol. The van der Waals surface area contributed by atoms with Crippen molar-refractivity contribution in [2.75, 3.05) is 13.7 Å². The van der Waals surface area contributed by atoms with Gasteiger partial charge in [0, 0.05) is 13.7 Å². The molecule has 1 aromatic carbocycles. The molecule has 0 aliphatic carbocycles. The molecular formula is C18H32O5S. The van der Waals surface area contributed by atoms with Crippen LogP contribution in [0.2, 0.25) is 0 Å². The van der Waals surface area contributed by atoms with Crippen LogP contribution < -0.4 is 0 Å². The molecule has 0 heterocycles. The van der Waals surface area contributed by atoms with Gasteiger partial charge < -0.3 is 9.84 Å². The summed E-state index contributed by atoms with van der Waals surface area (Å²) in [5, 5.41) is 8.73. The van der Waals surface area contributed by atoms with Crippen molar-refractivity contribution in [3.63, 3.8) is 0 Å². The van der Waals surface area contributed by atoms with E-state index in [-0.39, 0.29) is 17.6 Å². The fourth-order valence-electron chi connectivity index (χ4n) is 2.21. The summed E-state index contributed by atoms with van der Waals surface area (Å²) in [6, 6.07) is 5.99. The first-order valence-electron chi connectivity index (χ1n) is 8.53. The van der Waals surface area contributed by atoms with Crippen LogP contribution in [0, 0.1) is 6.92 Å². The van der Waals surface area contributed by atoms with Crippen LogP contribution in [-0.2, 0) is 14.9 Å². The van der Waals surface area contributed by atoms with Crippen LogP contribution in [0.15, 0.2) is 29.2 Å². The minimum absolute atomic E-state index is 0.0666. The van der Waals surface area contributed by atoms with Gasteiger partial charge in [-0.3, -0.25) is 4.55 Å². The van der Waals surface area contributed by atoms with Crippen molar-refractivity contribution in [3.05, 3.63) is 29.8 Å². The highest BCUT2D eigenvalue weighted by molar-refractivity contribution is 7.85. The number of methoxy groups -OCH3 is 1. The smallest absolute Gasteiger partial charge is 0.294 e. The monoisotopic (exact) mass is 360 g/mol. The Labute approximate surface area is 146 Å². The van der Waals surface area contributed by atoms with E-state index in [9.17, 15) is 8.42 Å². The first-order chi connectivity index (χ1) is 11.3. The third-order valence-electron chi connectivity index (χ3n) is 3.73. The third kappa shape index (κ3) is 11.6. The topological polar surface area (TPSA) is 83.8 Å². The number of ether oxygens (including phenoxy) is 1. The lowest BCUT2D eigenvalue weighted by molar-refractivity contribution is 0.0690. The van der Waals surface area contributed by atoms with E-state index < -0.39 is 10.1 Å². The number of aliphatic hydroxyl groups is 1. The van der Waals surface area contributed by atoms with Crippen molar-refractivity contribution >= 4 is 10.1 Å². The molecule has 1 atom stereocenters. The van der Waals surface area contributed by atoms with Gasteiger partial charge in [0.2, 0.25) is 0 Å². The van der Waals surface area contributed by atoms with E-state index >= 15 is 0 Å². The summed E-state index contributed by atoms with van der Waals surface area (Å²) < 4.78 is 34.8. The van der Waals surface area contributed by atoms with Gasteiger partial charge in [-0.2, -0.15) is 8.42 Å². The zero-order chi connectivity index (χ0) is 18.4. The lowest BCUT2D eigenvalue weighted by atomic mass is 10.1. The summed E-state index contributed by atoms with van der Waals surface area (Å²) in [5.41, 5.74) is 0.956. The Hall–Kier alpha value is -0.950. The highest BCUT2D eigenvalue weighted by Gasteiger charge is 2.07. The average Bonchev–Trinajstić information content (AvgIpc) is 2.54. The molecule has 0 saturated heterocycles. The molecule has 0 aliphatic heterocycles. The van der Waals surface area contributed by atoms with Crippen LogP contribution in [-0.4, -0.2) is 37.9 Å². The molecule has 0 spiro atoms. The number of aryl methyl sites for hydroxylation is 1. The van der Waals surface area contributed by atoms with Crippen LogP contribution in [0.25, 0.3) is 0 Å². The summed E-state index contributed by atoms with van der Waals surface area (Å²) in [5.74, 6) is 0. The highest BCUT2D eigenvalue weighted by atomic mass is 32.2. The van der Waals surface area contributed by atoms with Gasteiger partial charge in [0.15, 0.2) is 0 Å². The van der Waals surface area contributed by atoms with Gasteiger partial charge in [0.05, 0.1) is 11.0 Å². The van der Waals surface area contributed by atoms with Crippen LogP contribution in [0.5, 0.6) is 0 Å². The molecule has 1 aromatic rings. The van der Waals surface area contributed by atoms with Gasteiger partial charge in [-0.05, 0) is 31.9 Å². The first kappa shape index (κ1) is 23.1. The maximum atomic E-state index is 10.5. The molecule has 5 nitrogen and oxygen atoms in total. The van der Waals surface area contributed by atoms with Crippen LogP contribution in [0.1, 0.15) is 57.4 Å². The molecule has 0 aromatic heterocycles. The summed E-state index contributed by atoms with van der Waals surface area (Å²) in [7, 11) is -2.29. The van der Waals surface area contributed by atoms with Crippen molar-refractivity contribution in [1.29, 1.82) is 0 Å². The van der Waals surface area contributed by atoms with Gasteiger partial charge >= 0.3 is 0 Å². The molecule has 0 aliphatic rings. The van der Waals surface area contributed by atoms with Crippen molar-refractivity contribution in [1.82, 2.24) is 0 Å². The van der Waals surface area contributed by atoms with E-state index in [1.165, 1.54) is 44.2 Å². The Morgan fingerprint density at radius 1 is 1.04 bits per heavy atom. The second-order valence-corrected chi connectivity index (χ2v) is 7.28. The largest absolute Gasteiger partial charge is 0.396 e. The zero-order valence-electron chi connectivity index (χ0n) is 15.1. The SMILES string of the molecule is CCCCCCC[C@H](CCO)OC.Cc1ccc(S(=O)(=O)O)cc1. The molecule has 24 heavy (non-hydrogen) atoms. The first-order valence-corrected chi connectivity index (χ1v) is 9.97. The predicted octanol–water partition coefficient (Wildman–Crippen LogP) is 3.99. The molecule has 2 N–H and O–H groups in total. The van der Waals surface area contributed by atoms with Crippen LogP contribution in [0.3, 0.4) is 0 Å². The van der Waals surface area contributed by atoms with Gasteiger partial charge in [-0.1, -0.05) is 56.7 Å².